The zero-order valence-electron chi connectivity index (χ0n) is 11.4. The second-order valence-electron chi connectivity index (χ2n) is 5.69. The van der Waals surface area contributed by atoms with Gasteiger partial charge in [-0.1, -0.05) is 18.2 Å². The third-order valence-electron chi connectivity index (χ3n) is 2.66. The zero-order chi connectivity index (χ0) is 14.0. The average molecular weight is 263 g/mol. The monoisotopic (exact) mass is 263 g/mol. The van der Waals surface area contributed by atoms with Crippen molar-refractivity contribution in [3.8, 4) is 0 Å². The molecule has 1 aliphatic heterocycles. The van der Waals surface area contributed by atoms with E-state index >= 15 is 0 Å². The highest BCUT2D eigenvalue weighted by Gasteiger charge is 2.29. The van der Waals surface area contributed by atoms with Gasteiger partial charge in [0.15, 0.2) is 0 Å². The number of hydrogen-bond acceptors (Lipinski definition) is 2. The van der Waals surface area contributed by atoms with E-state index < -0.39 is 5.60 Å². The minimum atomic E-state index is -0.473. The van der Waals surface area contributed by atoms with E-state index in [4.69, 9.17) is 4.74 Å². The average Bonchev–Trinajstić information content (AvgIpc) is 2.20. The van der Waals surface area contributed by atoms with Crippen LogP contribution in [0.5, 0.6) is 0 Å². The fourth-order valence-corrected chi connectivity index (χ4v) is 1.82. The summed E-state index contributed by atoms with van der Waals surface area (Å²) in [5.41, 5.74) is 1.44. The second-order valence-corrected chi connectivity index (χ2v) is 5.69. The van der Waals surface area contributed by atoms with E-state index in [-0.39, 0.29) is 11.9 Å². The Morgan fingerprint density at radius 2 is 2.05 bits per heavy atom. The summed E-state index contributed by atoms with van der Waals surface area (Å²) in [7, 11) is 0. The van der Waals surface area contributed by atoms with Gasteiger partial charge < -0.3 is 9.64 Å². The summed E-state index contributed by atoms with van der Waals surface area (Å²) < 4.78 is 18.3. The van der Waals surface area contributed by atoms with E-state index in [1.165, 1.54) is 12.1 Å². The van der Waals surface area contributed by atoms with Crippen molar-refractivity contribution < 1.29 is 13.9 Å². The van der Waals surface area contributed by atoms with Crippen molar-refractivity contribution in [1.82, 2.24) is 4.90 Å². The molecule has 1 aromatic carbocycles. The number of benzene rings is 1. The van der Waals surface area contributed by atoms with Gasteiger partial charge >= 0.3 is 6.09 Å². The number of ether oxygens (including phenoxy) is 1. The molecule has 1 saturated heterocycles. The summed E-state index contributed by atoms with van der Waals surface area (Å²) >= 11 is 0. The molecule has 0 spiro atoms. The number of likely N-dealkylation sites (tertiary alicyclic amines) is 1. The minimum absolute atomic E-state index is 0.252. The van der Waals surface area contributed by atoms with E-state index in [2.05, 4.69) is 0 Å². The molecule has 0 aliphatic carbocycles. The number of carbonyl (C=O) groups excluding carboxylic acids is 1. The topological polar surface area (TPSA) is 29.5 Å². The molecule has 1 heterocycles. The Labute approximate surface area is 112 Å². The molecule has 0 atom stereocenters. The maximum atomic E-state index is 13.0. The lowest BCUT2D eigenvalue weighted by Gasteiger charge is -2.35. The van der Waals surface area contributed by atoms with Crippen LogP contribution in [0.2, 0.25) is 0 Å². The molecule has 0 N–H and O–H groups in total. The summed E-state index contributed by atoms with van der Waals surface area (Å²) in [4.78, 5) is 13.3. The summed E-state index contributed by atoms with van der Waals surface area (Å²) in [6.45, 7) is 6.62. The van der Waals surface area contributed by atoms with Gasteiger partial charge in [0.1, 0.15) is 11.4 Å². The van der Waals surface area contributed by atoms with Crippen molar-refractivity contribution >= 4 is 12.2 Å². The maximum Gasteiger partial charge on any atom is 0.410 e. The van der Waals surface area contributed by atoms with Crippen molar-refractivity contribution in [1.29, 1.82) is 0 Å². The highest BCUT2D eigenvalue weighted by atomic mass is 19.1. The molecule has 19 heavy (non-hydrogen) atoms. The molecule has 102 valence electrons. The molecule has 1 amide bonds. The molecule has 1 aromatic rings. The molecule has 0 radical (unpaired) electrons. The van der Waals surface area contributed by atoms with Gasteiger partial charge in [0.2, 0.25) is 0 Å². The van der Waals surface area contributed by atoms with E-state index in [0.29, 0.717) is 13.1 Å². The quantitative estimate of drug-likeness (QED) is 0.776. The van der Waals surface area contributed by atoms with Crippen molar-refractivity contribution in [3.63, 3.8) is 0 Å². The summed E-state index contributed by atoms with van der Waals surface area (Å²) in [5.74, 6) is -0.252. The van der Waals surface area contributed by atoms with E-state index in [9.17, 15) is 9.18 Å². The Morgan fingerprint density at radius 3 is 2.63 bits per heavy atom. The normalized spacial score (nSPS) is 14.9. The zero-order valence-corrected chi connectivity index (χ0v) is 11.4. The van der Waals surface area contributed by atoms with E-state index in [0.717, 1.165) is 11.1 Å². The number of nitrogens with zero attached hydrogens (tertiary/aromatic N) is 1. The molecule has 0 bridgehead atoms. The van der Waals surface area contributed by atoms with Crippen LogP contribution in [0.4, 0.5) is 9.18 Å². The highest BCUT2D eigenvalue weighted by molar-refractivity contribution is 5.72. The van der Waals surface area contributed by atoms with Gasteiger partial charge in [-0.2, -0.15) is 0 Å². The molecule has 0 unspecified atom stereocenters. The highest BCUT2D eigenvalue weighted by Crippen LogP contribution is 2.21. The summed E-state index contributed by atoms with van der Waals surface area (Å²) in [6.07, 6.45) is 1.60. The first-order valence-electron chi connectivity index (χ1n) is 6.26. The van der Waals surface area contributed by atoms with Gasteiger partial charge in [0, 0.05) is 13.1 Å². The van der Waals surface area contributed by atoms with Gasteiger partial charge in [-0.3, -0.25) is 0 Å². The van der Waals surface area contributed by atoms with Crippen LogP contribution in [0, 0.1) is 5.82 Å². The van der Waals surface area contributed by atoms with Crippen molar-refractivity contribution in [2.24, 2.45) is 0 Å². The predicted octanol–water partition coefficient (Wildman–Crippen LogP) is 3.46. The van der Waals surface area contributed by atoms with Crippen LogP contribution >= 0.6 is 0 Å². The Hall–Kier alpha value is -1.84. The first-order valence-corrected chi connectivity index (χ1v) is 6.26. The number of amides is 1. The molecular weight excluding hydrogens is 245 g/mol. The van der Waals surface area contributed by atoms with Crippen molar-refractivity contribution in [3.05, 3.63) is 41.2 Å². The number of hydrogen-bond donors (Lipinski definition) is 0. The van der Waals surface area contributed by atoms with Crippen LogP contribution in [-0.2, 0) is 4.74 Å². The molecular formula is C15H18FNO2. The lowest BCUT2D eigenvalue weighted by molar-refractivity contribution is 0.0216. The van der Waals surface area contributed by atoms with Gasteiger partial charge in [0.05, 0.1) is 0 Å². The largest absolute Gasteiger partial charge is 0.444 e. The van der Waals surface area contributed by atoms with Crippen LogP contribution in [0.15, 0.2) is 29.8 Å². The van der Waals surface area contributed by atoms with Crippen LogP contribution in [0.3, 0.4) is 0 Å². The second kappa shape index (κ2) is 5.03. The van der Waals surface area contributed by atoms with Gasteiger partial charge in [0.25, 0.3) is 0 Å². The number of rotatable bonds is 1. The summed E-state index contributed by atoms with van der Waals surface area (Å²) in [6, 6.07) is 6.40. The smallest absolute Gasteiger partial charge is 0.410 e. The number of carbonyl (C=O) groups is 1. The van der Waals surface area contributed by atoms with Crippen molar-refractivity contribution in [2.75, 3.05) is 13.1 Å². The first kappa shape index (κ1) is 13.6. The molecule has 3 nitrogen and oxygen atoms in total. The molecule has 0 aromatic heterocycles. The first-order chi connectivity index (χ1) is 8.83. The Bertz CT molecular complexity index is 509. The summed E-state index contributed by atoms with van der Waals surface area (Å²) in [5, 5.41) is 0. The van der Waals surface area contributed by atoms with Crippen LogP contribution < -0.4 is 0 Å². The van der Waals surface area contributed by atoms with E-state index in [1.54, 1.807) is 11.0 Å². The SMILES string of the molecule is CC(C)(C)OC(=O)N1CC(=Cc2cccc(F)c2)C1. The third-order valence-corrected chi connectivity index (χ3v) is 2.66. The molecule has 1 fully saturated rings. The Kier molecular flexibility index (Phi) is 3.60. The molecule has 4 heteroatoms. The fraction of sp³-hybridized carbons (Fsp3) is 0.400. The van der Waals surface area contributed by atoms with E-state index in [1.807, 2.05) is 32.9 Å². The lowest BCUT2D eigenvalue weighted by Crippen LogP contribution is -2.46. The minimum Gasteiger partial charge on any atom is -0.444 e. The Balaban J connectivity index is 1.91. The number of halogens is 1. The van der Waals surface area contributed by atoms with Crippen LogP contribution in [-0.4, -0.2) is 29.7 Å². The van der Waals surface area contributed by atoms with Gasteiger partial charge in [-0.05, 0) is 44.0 Å². The molecule has 2 rings (SSSR count). The molecule has 1 aliphatic rings. The lowest BCUT2D eigenvalue weighted by atomic mass is 10.0. The molecule has 0 saturated carbocycles. The maximum absolute atomic E-state index is 13.0. The van der Waals surface area contributed by atoms with Gasteiger partial charge in [-0.25, -0.2) is 9.18 Å². The van der Waals surface area contributed by atoms with Crippen LogP contribution in [0.25, 0.3) is 6.08 Å². The van der Waals surface area contributed by atoms with Crippen molar-refractivity contribution in [2.45, 2.75) is 26.4 Å². The Morgan fingerprint density at radius 1 is 1.37 bits per heavy atom. The predicted molar refractivity (Wildman–Crippen MR) is 72.2 cm³/mol. The van der Waals surface area contributed by atoms with Crippen LogP contribution in [0.1, 0.15) is 26.3 Å². The standard InChI is InChI=1S/C15H18FNO2/c1-15(2,3)19-14(18)17-9-12(10-17)7-11-5-4-6-13(16)8-11/h4-8H,9-10H2,1-3H3. The third kappa shape index (κ3) is 3.81. The van der Waals surface area contributed by atoms with Gasteiger partial charge in [-0.15, -0.1) is 0 Å². The fourth-order valence-electron chi connectivity index (χ4n) is 1.82.